The van der Waals surface area contributed by atoms with E-state index in [0.717, 1.165) is 25.2 Å². The number of aromatic nitrogens is 3. The predicted octanol–water partition coefficient (Wildman–Crippen LogP) is 3.35. The van der Waals surface area contributed by atoms with E-state index in [1.165, 1.54) is 19.2 Å². The number of hydrogen-bond donors (Lipinski definition) is 2. The minimum Gasteiger partial charge on any atom is -0.417 e. The van der Waals surface area contributed by atoms with Crippen molar-refractivity contribution >= 4 is 28.6 Å². The lowest BCUT2D eigenvalue weighted by molar-refractivity contribution is 0.389. The molecule has 0 radical (unpaired) electrons. The van der Waals surface area contributed by atoms with Crippen LogP contribution in [-0.2, 0) is 0 Å². The molecule has 0 atom stereocenters. The molecule has 2 aromatic heterocycles. The molecule has 1 saturated heterocycles. The van der Waals surface area contributed by atoms with Crippen LogP contribution < -0.4 is 10.6 Å². The summed E-state index contributed by atoms with van der Waals surface area (Å²) in [5, 5.41) is 7.38. The Balaban J connectivity index is 1.61. The molecule has 0 spiro atoms. The minimum atomic E-state index is 0.459. The van der Waals surface area contributed by atoms with Gasteiger partial charge >= 0.3 is 0 Å². The Kier molecular flexibility index (Phi) is 4.32. The Hall–Kier alpha value is -2.18. The number of anilines is 1. The lowest BCUT2D eigenvalue weighted by Gasteiger charge is -2.22. The fourth-order valence-corrected chi connectivity index (χ4v) is 3.18. The topological polar surface area (TPSA) is 75.9 Å². The molecule has 1 aromatic carbocycles. The highest BCUT2D eigenvalue weighted by atomic mass is 35.5. The van der Waals surface area contributed by atoms with E-state index in [1.54, 1.807) is 0 Å². The number of hydrogen-bond acceptors (Lipinski definition) is 6. The van der Waals surface area contributed by atoms with Gasteiger partial charge in [-0.2, -0.15) is 4.98 Å². The fraction of sp³-hybridized carbons (Fsp3) is 0.353. The first-order valence-corrected chi connectivity index (χ1v) is 8.50. The molecule has 7 heteroatoms. The third kappa shape index (κ3) is 3.07. The molecule has 0 unspecified atom stereocenters. The molecule has 1 aliphatic rings. The van der Waals surface area contributed by atoms with E-state index in [0.29, 0.717) is 33.9 Å². The average Bonchev–Trinajstić information content (AvgIpc) is 3.06. The Morgan fingerprint density at radius 1 is 1.21 bits per heavy atom. The zero-order valence-corrected chi connectivity index (χ0v) is 13.9. The highest BCUT2D eigenvalue weighted by Gasteiger charge is 2.17. The Morgan fingerprint density at radius 3 is 2.88 bits per heavy atom. The highest BCUT2D eigenvalue weighted by molar-refractivity contribution is 6.33. The molecule has 0 aliphatic carbocycles. The lowest BCUT2D eigenvalue weighted by Crippen LogP contribution is -2.31. The quantitative estimate of drug-likeness (QED) is 0.756. The number of rotatable bonds is 4. The minimum absolute atomic E-state index is 0.459. The van der Waals surface area contributed by atoms with Crippen molar-refractivity contribution in [3.63, 3.8) is 0 Å². The largest absolute Gasteiger partial charge is 0.417 e. The van der Waals surface area contributed by atoms with Crippen LogP contribution in [0.5, 0.6) is 0 Å². The smallest absolute Gasteiger partial charge is 0.252 e. The summed E-state index contributed by atoms with van der Waals surface area (Å²) < 4.78 is 5.77. The summed E-state index contributed by atoms with van der Waals surface area (Å²) in [6.45, 7) is 3.03. The second-order valence-corrected chi connectivity index (χ2v) is 6.36. The standard InChI is InChI=1S/C17H18ClN5O/c18-13-4-2-1-3-12(13)16-23-14-15(21-10-22-17(14)24-16)20-9-11-5-7-19-8-6-11/h1-4,10-11,19H,5-9H2,(H,20,21,22). The van der Waals surface area contributed by atoms with Gasteiger partial charge in [-0.3, -0.25) is 0 Å². The molecular weight excluding hydrogens is 326 g/mol. The van der Waals surface area contributed by atoms with Crippen molar-refractivity contribution < 1.29 is 4.42 Å². The summed E-state index contributed by atoms with van der Waals surface area (Å²) in [5.41, 5.74) is 1.86. The van der Waals surface area contributed by atoms with E-state index in [1.807, 2.05) is 24.3 Å². The third-order valence-corrected chi connectivity index (χ3v) is 4.65. The van der Waals surface area contributed by atoms with Gasteiger partial charge in [-0.1, -0.05) is 23.7 Å². The molecule has 0 saturated carbocycles. The van der Waals surface area contributed by atoms with Crippen molar-refractivity contribution in [3.8, 4) is 11.5 Å². The van der Waals surface area contributed by atoms with Crippen LogP contribution in [0.1, 0.15) is 12.8 Å². The van der Waals surface area contributed by atoms with Gasteiger partial charge in [0, 0.05) is 6.54 Å². The Labute approximate surface area is 144 Å². The maximum atomic E-state index is 6.23. The van der Waals surface area contributed by atoms with E-state index >= 15 is 0 Å². The summed E-state index contributed by atoms with van der Waals surface area (Å²) in [5.74, 6) is 1.81. The summed E-state index contributed by atoms with van der Waals surface area (Å²) >= 11 is 6.23. The number of oxazole rings is 1. The molecule has 0 amide bonds. The van der Waals surface area contributed by atoms with E-state index < -0.39 is 0 Å². The second kappa shape index (κ2) is 6.75. The number of benzene rings is 1. The molecule has 1 aliphatic heterocycles. The molecule has 24 heavy (non-hydrogen) atoms. The second-order valence-electron chi connectivity index (χ2n) is 5.95. The first-order chi connectivity index (χ1) is 11.8. The van der Waals surface area contributed by atoms with Gasteiger partial charge in [-0.05, 0) is 44.0 Å². The summed E-state index contributed by atoms with van der Waals surface area (Å²) in [7, 11) is 0. The van der Waals surface area contributed by atoms with Gasteiger partial charge in [0.15, 0.2) is 11.3 Å². The number of halogens is 1. The lowest BCUT2D eigenvalue weighted by atomic mass is 9.98. The highest BCUT2D eigenvalue weighted by Crippen LogP contribution is 2.30. The van der Waals surface area contributed by atoms with Crippen molar-refractivity contribution in [1.29, 1.82) is 0 Å². The number of piperidine rings is 1. The van der Waals surface area contributed by atoms with Gasteiger partial charge in [0.2, 0.25) is 5.89 Å². The molecule has 124 valence electrons. The van der Waals surface area contributed by atoms with Crippen LogP contribution in [0.15, 0.2) is 35.0 Å². The SMILES string of the molecule is Clc1ccccc1-c1nc2c(NCC3CCNCC3)ncnc2o1. The van der Waals surface area contributed by atoms with Crippen molar-refractivity contribution in [2.45, 2.75) is 12.8 Å². The zero-order chi connectivity index (χ0) is 16.4. The summed E-state index contributed by atoms with van der Waals surface area (Å²) in [6, 6.07) is 7.47. The Bertz CT molecular complexity index is 844. The van der Waals surface area contributed by atoms with Gasteiger partial charge < -0.3 is 15.1 Å². The molecule has 3 heterocycles. The predicted molar refractivity (Wildman–Crippen MR) is 94.1 cm³/mol. The van der Waals surface area contributed by atoms with Crippen LogP contribution in [0.3, 0.4) is 0 Å². The monoisotopic (exact) mass is 343 g/mol. The first kappa shape index (κ1) is 15.4. The number of nitrogens with zero attached hydrogens (tertiary/aromatic N) is 3. The van der Waals surface area contributed by atoms with Crippen molar-refractivity contribution in [2.24, 2.45) is 5.92 Å². The zero-order valence-electron chi connectivity index (χ0n) is 13.1. The van der Waals surface area contributed by atoms with Crippen LogP contribution in [0.25, 0.3) is 22.7 Å². The molecular formula is C17H18ClN5O. The molecule has 3 aromatic rings. The van der Waals surface area contributed by atoms with Crippen molar-refractivity contribution in [2.75, 3.05) is 25.0 Å². The third-order valence-electron chi connectivity index (χ3n) is 4.32. The average molecular weight is 344 g/mol. The molecule has 2 N–H and O–H groups in total. The number of fused-ring (bicyclic) bond motifs is 1. The van der Waals surface area contributed by atoms with Gasteiger partial charge in [0.1, 0.15) is 6.33 Å². The maximum Gasteiger partial charge on any atom is 0.252 e. The summed E-state index contributed by atoms with van der Waals surface area (Å²) in [6.07, 6.45) is 3.84. The normalized spacial score (nSPS) is 15.7. The first-order valence-electron chi connectivity index (χ1n) is 8.12. The molecule has 0 bridgehead atoms. The Morgan fingerprint density at radius 2 is 2.04 bits per heavy atom. The van der Waals surface area contributed by atoms with E-state index in [2.05, 4.69) is 25.6 Å². The van der Waals surface area contributed by atoms with Crippen LogP contribution >= 0.6 is 11.6 Å². The van der Waals surface area contributed by atoms with Crippen LogP contribution in [-0.4, -0.2) is 34.6 Å². The van der Waals surface area contributed by atoms with E-state index in [-0.39, 0.29) is 0 Å². The van der Waals surface area contributed by atoms with Gasteiger partial charge in [-0.15, -0.1) is 0 Å². The fourth-order valence-electron chi connectivity index (χ4n) is 2.96. The van der Waals surface area contributed by atoms with E-state index in [9.17, 15) is 0 Å². The maximum absolute atomic E-state index is 6.23. The van der Waals surface area contributed by atoms with E-state index in [4.69, 9.17) is 16.0 Å². The van der Waals surface area contributed by atoms with Crippen LogP contribution in [0, 0.1) is 5.92 Å². The van der Waals surface area contributed by atoms with Gasteiger partial charge in [0.25, 0.3) is 5.71 Å². The van der Waals surface area contributed by atoms with Crippen molar-refractivity contribution in [3.05, 3.63) is 35.6 Å². The van der Waals surface area contributed by atoms with Gasteiger partial charge in [-0.25, -0.2) is 9.97 Å². The summed E-state index contributed by atoms with van der Waals surface area (Å²) in [4.78, 5) is 13.1. The molecule has 4 rings (SSSR count). The van der Waals surface area contributed by atoms with Crippen molar-refractivity contribution in [1.82, 2.24) is 20.3 Å². The van der Waals surface area contributed by atoms with Crippen LogP contribution in [0.4, 0.5) is 5.82 Å². The van der Waals surface area contributed by atoms with Gasteiger partial charge in [0.05, 0.1) is 10.6 Å². The van der Waals surface area contributed by atoms with Crippen LogP contribution in [0.2, 0.25) is 5.02 Å². The molecule has 1 fully saturated rings. The number of nitrogens with one attached hydrogen (secondary N) is 2. The molecule has 6 nitrogen and oxygen atoms in total.